The van der Waals surface area contributed by atoms with E-state index in [-0.39, 0.29) is 0 Å². The van der Waals surface area contributed by atoms with Crippen molar-refractivity contribution >= 4 is 59.8 Å². The van der Waals surface area contributed by atoms with Gasteiger partial charge in [-0.2, -0.15) is 0 Å². The third kappa shape index (κ3) is 2.18. The van der Waals surface area contributed by atoms with Crippen LogP contribution in [0.3, 0.4) is 0 Å². The van der Waals surface area contributed by atoms with Crippen LogP contribution in [0.2, 0.25) is 0 Å². The van der Waals surface area contributed by atoms with Gasteiger partial charge in [-0.3, -0.25) is 0 Å². The van der Waals surface area contributed by atoms with E-state index >= 15 is 0 Å². The summed E-state index contributed by atoms with van der Waals surface area (Å²) in [6.45, 7) is 0. The van der Waals surface area contributed by atoms with E-state index in [1.807, 2.05) is 24.3 Å². The Labute approximate surface area is 163 Å². The average Bonchev–Trinajstić information content (AvgIpc) is 3.26. The third-order valence-electron chi connectivity index (χ3n) is 5.14. The molecular formula is C24H13BrO2. The third-order valence-corrected chi connectivity index (χ3v) is 5.64. The Bertz CT molecular complexity index is 1470. The Morgan fingerprint density at radius 3 is 1.85 bits per heavy atom. The van der Waals surface area contributed by atoms with Crippen molar-refractivity contribution in [1.82, 2.24) is 0 Å². The highest BCUT2D eigenvalue weighted by molar-refractivity contribution is 9.10. The molecule has 128 valence electrons. The summed E-state index contributed by atoms with van der Waals surface area (Å²) in [7, 11) is 0. The molecule has 2 aromatic heterocycles. The van der Waals surface area contributed by atoms with Gasteiger partial charge in [0, 0.05) is 26.0 Å². The molecule has 27 heavy (non-hydrogen) atoms. The maximum Gasteiger partial charge on any atom is 0.178 e. The standard InChI is InChI=1S/C24H13BrO2/c25-16-7-11-22-20(13-16)18-9-8-17-19-12-15(14-4-2-1-3-5-14)6-10-21(19)26-23(17)24(18)27-22/h1-13H. The van der Waals surface area contributed by atoms with Crippen molar-refractivity contribution in [3.05, 3.63) is 83.3 Å². The van der Waals surface area contributed by atoms with Crippen molar-refractivity contribution in [3.8, 4) is 11.1 Å². The predicted molar refractivity (Wildman–Crippen MR) is 114 cm³/mol. The van der Waals surface area contributed by atoms with E-state index in [0.717, 1.165) is 48.3 Å². The Hall–Kier alpha value is -3.04. The highest BCUT2D eigenvalue weighted by Crippen LogP contribution is 2.40. The highest BCUT2D eigenvalue weighted by Gasteiger charge is 2.16. The maximum absolute atomic E-state index is 6.21. The summed E-state index contributed by atoms with van der Waals surface area (Å²) in [6, 6.07) is 27.1. The van der Waals surface area contributed by atoms with Crippen LogP contribution >= 0.6 is 15.9 Å². The first-order valence-corrected chi connectivity index (χ1v) is 9.60. The van der Waals surface area contributed by atoms with E-state index in [2.05, 4.69) is 70.5 Å². The van der Waals surface area contributed by atoms with E-state index in [9.17, 15) is 0 Å². The summed E-state index contributed by atoms with van der Waals surface area (Å²) in [5.41, 5.74) is 5.73. The van der Waals surface area contributed by atoms with E-state index in [1.54, 1.807) is 0 Å². The highest BCUT2D eigenvalue weighted by atomic mass is 79.9. The van der Waals surface area contributed by atoms with Gasteiger partial charge in [-0.15, -0.1) is 0 Å². The van der Waals surface area contributed by atoms with Crippen LogP contribution < -0.4 is 0 Å². The molecule has 0 atom stereocenters. The molecule has 2 nitrogen and oxygen atoms in total. The lowest BCUT2D eigenvalue weighted by atomic mass is 10.0. The average molecular weight is 413 g/mol. The molecular weight excluding hydrogens is 400 g/mol. The number of hydrogen-bond donors (Lipinski definition) is 0. The second kappa shape index (κ2) is 5.48. The number of furan rings is 2. The second-order valence-electron chi connectivity index (χ2n) is 6.74. The molecule has 3 heteroatoms. The van der Waals surface area contributed by atoms with Gasteiger partial charge in [0.15, 0.2) is 11.2 Å². The first-order valence-electron chi connectivity index (χ1n) is 8.80. The zero-order chi connectivity index (χ0) is 18.0. The zero-order valence-electron chi connectivity index (χ0n) is 14.2. The van der Waals surface area contributed by atoms with Crippen LogP contribution in [-0.2, 0) is 0 Å². The summed E-state index contributed by atoms with van der Waals surface area (Å²) >= 11 is 3.55. The first kappa shape index (κ1) is 15.1. The largest absolute Gasteiger partial charge is 0.452 e. The SMILES string of the molecule is Brc1ccc2oc3c(ccc4c5cc(-c6ccccc6)ccc5oc43)c2c1. The van der Waals surface area contributed by atoms with Gasteiger partial charge in [-0.1, -0.05) is 52.3 Å². The summed E-state index contributed by atoms with van der Waals surface area (Å²) in [4.78, 5) is 0. The molecule has 0 unspecified atom stereocenters. The summed E-state index contributed by atoms with van der Waals surface area (Å²) in [5.74, 6) is 0. The molecule has 0 bridgehead atoms. The summed E-state index contributed by atoms with van der Waals surface area (Å²) in [5, 5.41) is 4.34. The van der Waals surface area contributed by atoms with Crippen LogP contribution in [-0.4, -0.2) is 0 Å². The van der Waals surface area contributed by atoms with Crippen molar-refractivity contribution in [2.24, 2.45) is 0 Å². The van der Waals surface area contributed by atoms with E-state index in [0.29, 0.717) is 0 Å². The number of fused-ring (bicyclic) bond motifs is 7. The minimum absolute atomic E-state index is 0.804. The number of hydrogen-bond acceptors (Lipinski definition) is 2. The fourth-order valence-electron chi connectivity index (χ4n) is 3.85. The van der Waals surface area contributed by atoms with Gasteiger partial charge in [-0.25, -0.2) is 0 Å². The molecule has 0 saturated heterocycles. The summed E-state index contributed by atoms with van der Waals surface area (Å²) in [6.07, 6.45) is 0. The number of halogens is 1. The maximum atomic E-state index is 6.21. The van der Waals surface area contributed by atoms with E-state index < -0.39 is 0 Å². The van der Waals surface area contributed by atoms with Crippen LogP contribution in [0.5, 0.6) is 0 Å². The van der Waals surface area contributed by atoms with Crippen LogP contribution in [0.4, 0.5) is 0 Å². The van der Waals surface area contributed by atoms with Gasteiger partial charge in [-0.05, 0) is 53.6 Å². The normalized spacial score (nSPS) is 11.9. The molecule has 0 aliphatic heterocycles. The lowest BCUT2D eigenvalue weighted by Crippen LogP contribution is -1.76. The Balaban J connectivity index is 1.69. The molecule has 0 saturated carbocycles. The first-order chi connectivity index (χ1) is 13.3. The lowest BCUT2D eigenvalue weighted by Gasteiger charge is -2.01. The molecule has 0 aliphatic rings. The van der Waals surface area contributed by atoms with Crippen LogP contribution in [0.1, 0.15) is 0 Å². The molecule has 0 amide bonds. The molecule has 4 aromatic carbocycles. The Morgan fingerprint density at radius 2 is 1.15 bits per heavy atom. The molecule has 0 aliphatic carbocycles. The minimum Gasteiger partial charge on any atom is -0.452 e. The van der Waals surface area contributed by atoms with Crippen LogP contribution in [0.15, 0.2) is 92.2 Å². The Morgan fingerprint density at radius 1 is 0.519 bits per heavy atom. The molecule has 0 fully saturated rings. The molecule has 2 heterocycles. The van der Waals surface area contributed by atoms with Crippen molar-refractivity contribution in [2.45, 2.75) is 0 Å². The summed E-state index contributed by atoms with van der Waals surface area (Å²) < 4.78 is 13.4. The van der Waals surface area contributed by atoms with Crippen molar-refractivity contribution in [2.75, 3.05) is 0 Å². The quantitative estimate of drug-likeness (QED) is 0.274. The van der Waals surface area contributed by atoms with Crippen LogP contribution in [0, 0.1) is 0 Å². The number of rotatable bonds is 1. The zero-order valence-corrected chi connectivity index (χ0v) is 15.8. The van der Waals surface area contributed by atoms with Gasteiger partial charge < -0.3 is 8.83 Å². The minimum atomic E-state index is 0.804. The van der Waals surface area contributed by atoms with E-state index in [4.69, 9.17) is 8.83 Å². The molecule has 6 rings (SSSR count). The monoisotopic (exact) mass is 412 g/mol. The van der Waals surface area contributed by atoms with Crippen molar-refractivity contribution < 1.29 is 8.83 Å². The molecule has 6 aromatic rings. The molecule has 0 spiro atoms. The van der Waals surface area contributed by atoms with Gasteiger partial charge in [0.25, 0.3) is 0 Å². The smallest absolute Gasteiger partial charge is 0.178 e. The van der Waals surface area contributed by atoms with Crippen LogP contribution in [0.25, 0.3) is 55.0 Å². The lowest BCUT2D eigenvalue weighted by molar-refractivity contribution is 0.633. The fourth-order valence-corrected chi connectivity index (χ4v) is 4.21. The van der Waals surface area contributed by atoms with Crippen molar-refractivity contribution in [1.29, 1.82) is 0 Å². The van der Waals surface area contributed by atoms with Crippen molar-refractivity contribution in [3.63, 3.8) is 0 Å². The molecule has 0 N–H and O–H groups in total. The fraction of sp³-hybridized carbons (Fsp3) is 0. The number of benzene rings is 4. The van der Waals surface area contributed by atoms with Gasteiger partial charge in [0.2, 0.25) is 0 Å². The molecule has 0 radical (unpaired) electrons. The predicted octanol–water partition coefficient (Wildman–Crippen LogP) is 7.91. The second-order valence-corrected chi connectivity index (χ2v) is 7.66. The van der Waals surface area contributed by atoms with E-state index in [1.165, 1.54) is 11.1 Å². The topological polar surface area (TPSA) is 26.3 Å². The van der Waals surface area contributed by atoms with Gasteiger partial charge >= 0.3 is 0 Å². The Kier molecular flexibility index (Phi) is 3.06. The van der Waals surface area contributed by atoms with Gasteiger partial charge in [0.05, 0.1) is 0 Å². The van der Waals surface area contributed by atoms with Gasteiger partial charge in [0.1, 0.15) is 11.2 Å².